The first kappa shape index (κ1) is 14.7. The highest BCUT2D eigenvalue weighted by atomic mass is 16.5. The fraction of sp³-hybridized carbons (Fsp3) is 0.750. The Bertz CT molecular complexity index is 424. The molecule has 0 bridgehead atoms. The van der Waals surface area contributed by atoms with Gasteiger partial charge in [-0.05, 0) is 12.8 Å². The molecule has 2 rings (SSSR count). The standard InChI is InChI=1S/C12H22N6O2/c1-13-10-15-11(14-9(7-19)8-20-2)17-12(16-10)18-5-3-4-6-18/h9,19H,3-8H2,1-2H3,(H2,13,14,15,16,17). The molecule has 0 aromatic carbocycles. The third kappa shape index (κ3) is 3.67. The Morgan fingerprint density at radius 3 is 2.55 bits per heavy atom. The molecule has 1 aromatic rings. The van der Waals surface area contributed by atoms with Gasteiger partial charge in [-0.2, -0.15) is 15.0 Å². The zero-order valence-corrected chi connectivity index (χ0v) is 12.0. The Kier molecular flexibility index (Phi) is 5.31. The average molecular weight is 282 g/mol. The molecule has 8 heteroatoms. The number of rotatable bonds is 7. The van der Waals surface area contributed by atoms with Crippen LogP contribution in [0.4, 0.5) is 17.8 Å². The van der Waals surface area contributed by atoms with Crippen molar-refractivity contribution in [3.63, 3.8) is 0 Å². The van der Waals surface area contributed by atoms with Crippen LogP contribution in [0.5, 0.6) is 0 Å². The van der Waals surface area contributed by atoms with Crippen LogP contribution in [-0.2, 0) is 4.74 Å². The molecule has 1 fully saturated rings. The van der Waals surface area contributed by atoms with Crippen LogP contribution in [0.1, 0.15) is 12.8 Å². The van der Waals surface area contributed by atoms with E-state index < -0.39 is 0 Å². The van der Waals surface area contributed by atoms with E-state index in [0.717, 1.165) is 25.9 Å². The molecule has 0 saturated carbocycles. The minimum absolute atomic E-state index is 0.0482. The van der Waals surface area contributed by atoms with Gasteiger partial charge in [0.2, 0.25) is 17.8 Å². The van der Waals surface area contributed by atoms with E-state index in [0.29, 0.717) is 24.5 Å². The maximum atomic E-state index is 9.29. The van der Waals surface area contributed by atoms with Gasteiger partial charge in [0.05, 0.1) is 19.3 Å². The van der Waals surface area contributed by atoms with E-state index in [4.69, 9.17) is 4.74 Å². The molecule has 20 heavy (non-hydrogen) atoms. The third-order valence-corrected chi connectivity index (χ3v) is 3.16. The number of nitrogens with one attached hydrogen (secondary N) is 2. The first-order valence-electron chi connectivity index (χ1n) is 6.82. The van der Waals surface area contributed by atoms with E-state index in [-0.39, 0.29) is 12.6 Å². The Hall–Kier alpha value is -1.67. The first-order valence-corrected chi connectivity index (χ1v) is 6.82. The molecule has 0 radical (unpaired) electrons. The van der Waals surface area contributed by atoms with Gasteiger partial charge in [0.1, 0.15) is 0 Å². The Labute approximate surface area is 118 Å². The van der Waals surface area contributed by atoms with Gasteiger partial charge in [-0.25, -0.2) is 0 Å². The smallest absolute Gasteiger partial charge is 0.231 e. The number of methoxy groups -OCH3 is 1. The van der Waals surface area contributed by atoms with Crippen molar-refractivity contribution < 1.29 is 9.84 Å². The summed E-state index contributed by atoms with van der Waals surface area (Å²) in [6.07, 6.45) is 2.32. The molecule has 112 valence electrons. The van der Waals surface area contributed by atoms with E-state index >= 15 is 0 Å². The molecule has 1 aromatic heterocycles. The maximum absolute atomic E-state index is 9.29. The first-order chi connectivity index (χ1) is 9.76. The predicted octanol–water partition coefficient (Wildman–Crippen LogP) is -0.0673. The lowest BCUT2D eigenvalue weighted by atomic mass is 10.3. The van der Waals surface area contributed by atoms with E-state index in [1.165, 1.54) is 0 Å². The fourth-order valence-corrected chi connectivity index (χ4v) is 2.12. The maximum Gasteiger partial charge on any atom is 0.231 e. The molecule has 1 aliphatic heterocycles. The van der Waals surface area contributed by atoms with Crippen LogP contribution in [0.25, 0.3) is 0 Å². The summed E-state index contributed by atoms with van der Waals surface area (Å²) in [5.41, 5.74) is 0. The van der Waals surface area contributed by atoms with Crippen molar-refractivity contribution in [3.8, 4) is 0 Å². The number of anilines is 3. The molecule has 1 atom stereocenters. The van der Waals surface area contributed by atoms with Gasteiger partial charge in [0.15, 0.2) is 0 Å². The predicted molar refractivity (Wildman–Crippen MR) is 77.2 cm³/mol. The summed E-state index contributed by atoms with van der Waals surface area (Å²) in [5, 5.41) is 15.3. The normalized spacial score (nSPS) is 16.2. The quantitative estimate of drug-likeness (QED) is 0.640. The average Bonchev–Trinajstić information content (AvgIpc) is 3.00. The van der Waals surface area contributed by atoms with Crippen LogP contribution >= 0.6 is 0 Å². The van der Waals surface area contributed by atoms with Crippen molar-refractivity contribution in [2.24, 2.45) is 0 Å². The van der Waals surface area contributed by atoms with Crippen LogP contribution in [0.2, 0.25) is 0 Å². The molecule has 0 spiro atoms. The lowest BCUT2D eigenvalue weighted by molar-refractivity contribution is 0.153. The van der Waals surface area contributed by atoms with Crippen LogP contribution in [-0.4, -0.2) is 66.6 Å². The van der Waals surface area contributed by atoms with E-state index in [1.54, 1.807) is 14.2 Å². The van der Waals surface area contributed by atoms with E-state index in [1.807, 2.05) is 0 Å². The number of aliphatic hydroxyl groups is 1. The second kappa shape index (κ2) is 7.20. The zero-order chi connectivity index (χ0) is 14.4. The van der Waals surface area contributed by atoms with Crippen molar-refractivity contribution in [2.75, 3.05) is 56.0 Å². The second-order valence-corrected chi connectivity index (χ2v) is 4.71. The third-order valence-electron chi connectivity index (χ3n) is 3.16. The van der Waals surface area contributed by atoms with Gasteiger partial charge in [0, 0.05) is 27.2 Å². The van der Waals surface area contributed by atoms with Crippen LogP contribution in [0, 0.1) is 0 Å². The van der Waals surface area contributed by atoms with Crippen molar-refractivity contribution in [1.82, 2.24) is 15.0 Å². The molecule has 8 nitrogen and oxygen atoms in total. The minimum atomic E-state index is -0.237. The van der Waals surface area contributed by atoms with Crippen molar-refractivity contribution in [1.29, 1.82) is 0 Å². The molecular weight excluding hydrogens is 260 g/mol. The summed E-state index contributed by atoms with van der Waals surface area (Å²) in [7, 11) is 3.36. The molecule has 2 heterocycles. The molecular formula is C12H22N6O2. The fourth-order valence-electron chi connectivity index (χ4n) is 2.12. The van der Waals surface area contributed by atoms with E-state index in [2.05, 4.69) is 30.5 Å². The van der Waals surface area contributed by atoms with Gasteiger partial charge in [-0.1, -0.05) is 0 Å². The number of hydrogen-bond acceptors (Lipinski definition) is 8. The molecule has 3 N–H and O–H groups in total. The summed E-state index contributed by atoms with van der Waals surface area (Å²) >= 11 is 0. The van der Waals surface area contributed by atoms with Crippen molar-refractivity contribution in [2.45, 2.75) is 18.9 Å². The van der Waals surface area contributed by atoms with Crippen molar-refractivity contribution in [3.05, 3.63) is 0 Å². The monoisotopic (exact) mass is 282 g/mol. The number of hydrogen-bond donors (Lipinski definition) is 3. The molecule has 0 aliphatic carbocycles. The number of nitrogens with zero attached hydrogens (tertiary/aromatic N) is 4. The number of ether oxygens (including phenoxy) is 1. The SMILES string of the molecule is CNc1nc(NC(CO)COC)nc(N2CCCC2)n1. The molecule has 1 saturated heterocycles. The highest BCUT2D eigenvalue weighted by Crippen LogP contribution is 2.18. The minimum Gasteiger partial charge on any atom is -0.394 e. The second-order valence-electron chi connectivity index (χ2n) is 4.71. The summed E-state index contributed by atoms with van der Waals surface area (Å²) in [4.78, 5) is 15.2. The summed E-state index contributed by atoms with van der Waals surface area (Å²) in [6.45, 7) is 2.27. The van der Waals surface area contributed by atoms with Crippen molar-refractivity contribution >= 4 is 17.8 Å². The van der Waals surface area contributed by atoms with Gasteiger partial charge >= 0.3 is 0 Å². The summed E-state index contributed by atoms with van der Waals surface area (Å²) in [6, 6.07) is -0.237. The number of aliphatic hydroxyl groups excluding tert-OH is 1. The highest BCUT2D eigenvalue weighted by molar-refractivity contribution is 5.44. The van der Waals surface area contributed by atoms with E-state index in [9.17, 15) is 5.11 Å². The number of aromatic nitrogens is 3. The van der Waals surface area contributed by atoms with Gasteiger partial charge in [-0.3, -0.25) is 0 Å². The van der Waals surface area contributed by atoms with Crippen LogP contribution < -0.4 is 15.5 Å². The Balaban J connectivity index is 2.16. The van der Waals surface area contributed by atoms with Crippen LogP contribution in [0.15, 0.2) is 0 Å². The van der Waals surface area contributed by atoms with Gasteiger partial charge in [0.25, 0.3) is 0 Å². The lowest BCUT2D eigenvalue weighted by Crippen LogP contribution is -2.30. The van der Waals surface area contributed by atoms with Gasteiger partial charge in [-0.15, -0.1) is 0 Å². The molecule has 1 unspecified atom stereocenters. The Morgan fingerprint density at radius 2 is 1.95 bits per heavy atom. The largest absolute Gasteiger partial charge is 0.394 e. The molecule has 1 aliphatic rings. The molecule has 0 amide bonds. The highest BCUT2D eigenvalue weighted by Gasteiger charge is 2.18. The summed E-state index contributed by atoms with van der Waals surface area (Å²) in [5.74, 6) is 1.62. The Morgan fingerprint density at radius 1 is 1.25 bits per heavy atom. The van der Waals surface area contributed by atoms with Crippen LogP contribution in [0.3, 0.4) is 0 Å². The lowest BCUT2D eigenvalue weighted by Gasteiger charge is -2.19. The zero-order valence-electron chi connectivity index (χ0n) is 12.0. The topological polar surface area (TPSA) is 95.4 Å². The summed E-state index contributed by atoms with van der Waals surface area (Å²) < 4.78 is 5.03. The van der Waals surface area contributed by atoms with Gasteiger partial charge < -0.3 is 25.4 Å².